The van der Waals surface area contributed by atoms with Gasteiger partial charge in [-0.1, -0.05) is 21.6 Å². The normalized spacial score (nSPS) is 11.2. The maximum absolute atomic E-state index is 13.2. The number of carboxylic acids is 2. The van der Waals surface area contributed by atoms with Crippen molar-refractivity contribution in [3.8, 4) is 0 Å². The summed E-state index contributed by atoms with van der Waals surface area (Å²) in [5, 5.41) is 22.2. The van der Waals surface area contributed by atoms with Crippen molar-refractivity contribution in [3.05, 3.63) is 23.5 Å². The fourth-order valence-electron chi connectivity index (χ4n) is 1.99. The van der Waals surface area contributed by atoms with Gasteiger partial charge in [0, 0.05) is 25.1 Å². The van der Waals surface area contributed by atoms with E-state index >= 15 is 0 Å². The Morgan fingerprint density at radius 1 is 1.19 bits per heavy atom. The van der Waals surface area contributed by atoms with E-state index in [1.54, 1.807) is 7.05 Å². The van der Waals surface area contributed by atoms with Crippen LogP contribution in [0.5, 0.6) is 0 Å². The molecule has 2 heterocycles. The average Bonchev–Trinajstić information content (AvgIpc) is 3.05. The van der Waals surface area contributed by atoms with Crippen LogP contribution >= 0.6 is 21.6 Å². The molecule has 0 saturated heterocycles. The molecule has 32 heavy (non-hydrogen) atoms. The molecule has 0 aliphatic rings. The minimum absolute atomic E-state index is 0.0676. The first kappa shape index (κ1) is 27.4. The zero-order valence-electron chi connectivity index (χ0n) is 16.2. The maximum Gasteiger partial charge on any atom is 0.490 e. The molecule has 0 radical (unpaired) electrons. The Morgan fingerprint density at radius 3 is 2.31 bits per heavy atom. The van der Waals surface area contributed by atoms with Crippen LogP contribution in [-0.4, -0.2) is 67.1 Å². The lowest BCUT2D eigenvalue weighted by molar-refractivity contribution is -0.192. The van der Waals surface area contributed by atoms with Gasteiger partial charge in [-0.2, -0.15) is 18.3 Å². The molecule has 0 fully saturated rings. The van der Waals surface area contributed by atoms with E-state index in [2.05, 4.69) is 15.4 Å². The predicted octanol–water partition coefficient (Wildman–Crippen LogP) is 3.13. The Labute approximate surface area is 185 Å². The predicted molar refractivity (Wildman–Crippen MR) is 107 cm³/mol. The molecule has 178 valence electrons. The number of nitrogens with zero attached hydrogens (tertiary/aromatic N) is 3. The van der Waals surface area contributed by atoms with E-state index in [0.717, 1.165) is 0 Å². The standard InChI is InChI=1S/C14H16F2N4O3S2.C2HF3O2/c1-20-10-6-8(12(13(15)16)19-9(10)7-18-20)14(23)17-3-5-25-24-4-2-11(21)22;3-2(4,5)1(6)7/h6-7,13H,2-5H2,1H3,(H,17,23)(H,21,22);(H,6,7). The van der Waals surface area contributed by atoms with Crippen LogP contribution in [0.15, 0.2) is 12.3 Å². The highest BCUT2D eigenvalue weighted by Crippen LogP contribution is 2.25. The van der Waals surface area contributed by atoms with Crippen molar-refractivity contribution in [2.75, 3.05) is 18.1 Å². The first-order valence-corrected chi connectivity index (χ1v) is 11.0. The quantitative estimate of drug-likeness (QED) is 0.267. The smallest absolute Gasteiger partial charge is 0.481 e. The van der Waals surface area contributed by atoms with Gasteiger partial charge in [0.2, 0.25) is 0 Å². The summed E-state index contributed by atoms with van der Waals surface area (Å²) in [6.07, 6.45) is -6.52. The third kappa shape index (κ3) is 8.86. The third-order valence-electron chi connectivity index (χ3n) is 3.41. The lowest BCUT2D eigenvalue weighted by Crippen LogP contribution is -2.27. The number of nitrogens with one attached hydrogen (secondary N) is 1. The van der Waals surface area contributed by atoms with Gasteiger partial charge < -0.3 is 15.5 Å². The van der Waals surface area contributed by atoms with Crippen LogP contribution in [0.3, 0.4) is 0 Å². The van der Waals surface area contributed by atoms with Crippen molar-refractivity contribution in [2.24, 2.45) is 7.05 Å². The summed E-state index contributed by atoms with van der Waals surface area (Å²) in [6.45, 7) is 0.273. The molecule has 0 atom stereocenters. The molecule has 16 heteroatoms. The Balaban J connectivity index is 0.000000633. The molecule has 0 bridgehead atoms. The molecule has 2 aromatic heterocycles. The summed E-state index contributed by atoms with van der Waals surface area (Å²) < 4.78 is 59.6. The number of pyridine rings is 1. The zero-order valence-corrected chi connectivity index (χ0v) is 17.9. The first-order valence-electron chi connectivity index (χ1n) is 8.50. The van der Waals surface area contributed by atoms with E-state index < -0.39 is 36.1 Å². The van der Waals surface area contributed by atoms with E-state index in [1.807, 2.05) is 0 Å². The number of amides is 1. The maximum atomic E-state index is 13.2. The molecule has 1 amide bonds. The first-order chi connectivity index (χ1) is 14.8. The van der Waals surface area contributed by atoms with Gasteiger partial charge in [0.15, 0.2) is 0 Å². The molecule has 0 spiro atoms. The Kier molecular flexibility index (Phi) is 10.6. The van der Waals surface area contributed by atoms with Crippen LogP contribution in [-0.2, 0) is 16.6 Å². The fourth-order valence-corrected chi connectivity index (χ4v) is 3.87. The number of aromatic nitrogens is 3. The van der Waals surface area contributed by atoms with Crippen molar-refractivity contribution in [2.45, 2.75) is 19.0 Å². The average molecular weight is 504 g/mol. The van der Waals surface area contributed by atoms with E-state index in [1.165, 1.54) is 38.5 Å². The largest absolute Gasteiger partial charge is 0.490 e. The minimum atomic E-state index is -5.08. The van der Waals surface area contributed by atoms with Crippen LogP contribution in [0.4, 0.5) is 22.0 Å². The second kappa shape index (κ2) is 12.4. The molecule has 2 rings (SSSR count). The van der Waals surface area contributed by atoms with Crippen LogP contribution in [0, 0.1) is 0 Å². The highest BCUT2D eigenvalue weighted by atomic mass is 33.1. The number of aryl methyl sites for hydroxylation is 1. The molecular formula is C16H17F5N4O5S2. The Hall–Kier alpha value is -2.62. The van der Waals surface area contributed by atoms with Gasteiger partial charge in [-0.15, -0.1) is 0 Å². The molecule has 0 unspecified atom stereocenters. The van der Waals surface area contributed by atoms with Crippen molar-refractivity contribution in [1.29, 1.82) is 0 Å². The van der Waals surface area contributed by atoms with Gasteiger partial charge in [-0.25, -0.2) is 18.6 Å². The summed E-state index contributed by atoms with van der Waals surface area (Å²) in [6, 6.07) is 1.36. The molecule has 3 N–H and O–H groups in total. The molecule has 0 aliphatic heterocycles. The number of rotatable bonds is 9. The Bertz CT molecular complexity index is 955. The van der Waals surface area contributed by atoms with Gasteiger partial charge in [0.05, 0.1) is 23.7 Å². The fraction of sp³-hybridized carbons (Fsp3) is 0.438. The molecule has 9 nitrogen and oxygen atoms in total. The van der Waals surface area contributed by atoms with Gasteiger partial charge in [0.1, 0.15) is 11.2 Å². The SMILES string of the molecule is Cn1ncc2nc(C(F)F)c(C(=O)NCCSSCCC(=O)O)cc21.O=C(O)C(F)(F)F. The number of halogens is 5. The minimum Gasteiger partial charge on any atom is -0.481 e. The number of hydrogen-bond donors (Lipinski definition) is 3. The van der Waals surface area contributed by atoms with E-state index in [4.69, 9.17) is 15.0 Å². The third-order valence-corrected chi connectivity index (χ3v) is 5.82. The molecule has 2 aromatic rings. The van der Waals surface area contributed by atoms with Crippen molar-refractivity contribution >= 4 is 50.5 Å². The summed E-state index contributed by atoms with van der Waals surface area (Å²) in [7, 11) is 4.43. The highest BCUT2D eigenvalue weighted by molar-refractivity contribution is 8.76. The number of carbonyl (C=O) groups excluding carboxylic acids is 1. The molecule has 0 aromatic carbocycles. The summed E-state index contributed by atoms with van der Waals surface area (Å²) >= 11 is 0. The van der Waals surface area contributed by atoms with Crippen molar-refractivity contribution < 1.29 is 46.5 Å². The van der Waals surface area contributed by atoms with Gasteiger partial charge in [0.25, 0.3) is 12.3 Å². The van der Waals surface area contributed by atoms with Gasteiger partial charge in [-0.05, 0) is 6.07 Å². The summed E-state index contributed by atoms with van der Waals surface area (Å²) in [5.74, 6) is -3.25. The van der Waals surface area contributed by atoms with Crippen LogP contribution in [0.2, 0.25) is 0 Å². The van der Waals surface area contributed by atoms with Gasteiger partial charge >= 0.3 is 18.1 Å². The van der Waals surface area contributed by atoms with E-state index in [0.29, 0.717) is 22.5 Å². The number of hydrogen-bond acceptors (Lipinski definition) is 7. The summed E-state index contributed by atoms with van der Waals surface area (Å²) in [4.78, 5) is 35.3. The van der Waals surface area contributed by atoms with Crippen LogP contribution in [0.1, 0.15) is 28.9 Å². The van der Waals surface area contributed by atoms with Crippen molar-refractivity contribution in [3.63, 3.8) is 0 Å². The second-order valence-electron chi connectivity index (χ2n) is 5.74. The molecular weight excluding hydrogens is 487 g/mol. The zero-order chi connectivity index (χ0) is 24.5. The molecule has 0 saturated carbocycles. The Morgan fingerprint density at radius 2 is 1.78 bits per heavy atom. The highest BCUT2D eigenvalue weighted by Gasteiger charge is 2.38. The van der Waals surface area contributed by atoms with E-state index in [9.17, 15) is 31.5 Å². The second-order valence-corrected chi connectivity index (χ2v) is 8.44. The van der Waals surface area contributed by atoms with Crippen molar-refractivity contribution in [1.82, 2.24) is 20.1 Å². The number of fused-ring (bicyclic) bond motifs is 1. The molecule has 0 aliphatic carbocycles. The van der Waals surface area contributed by atoms with Crippen LogP contribution < -0.4 is 5.32 Å². The number of alkyl halides is 5. The summed E-state index contributed by atoms with van der Waals surface area (Å²) in [5.41, 5.74) is 0.0593. The van der Waals surface area contributed by atoms with Crippen LogP contribution in [0.25, 0.3) is 11.0 Å². The lowest BCUT2D eigenvalue weighted by Gasteiger charge is -2.09. The monoisotopic (exact) mass is 504 g/mol. The lowest BCUT2D eigenvalue weighted by atomic mass is 10.1. The number of carboxylic acid groups (broad SMARTS) is 2. The van der Waals surface area contributed by atoms with Gasteiger partial charge in [-0.3, -0.25) is 14.3 Å². The number of carbonyl (C=O) groups is 3. The van der Waals surface area contributed by atoms with E-state index in [-0.39, 0.29) is 18.5 Å². The topological polar surface area (TPSA) is 134 Å². The number of aliphatic carboxylic acids is 2.